The monoisotopic (exact) mass is 399 g/mol. The van der Waals surface area contributed by atoms with Gasteiger partial charge in [0.25, 0.3) is 5.69 Å². The van der Waals surface area contributed by atoms with Gasteiger partial charge in [-0.2, -0.15) is 0 Å². The molecule has 2 fully saturated rings. The Labute approximate surface area is 159 Å². The third-order valence-electron chi connectivity index (χ3n) is 5.10. The Kier molecular flexibility index (Phi) is 6.64. The molecule has 2 aliphatic heterocycles. The molecule has 0 spiro atoms. The van der Waals surface area contributed by atoms with Crippen LogP contribution in [0.2, 0.25) is 0 Å². The molecule has 10 heteroatoms. The lowest BCUT2D eigenvalue weighted by Gasteiger charge is -2.23. The number of hydrogen-bond donors (Lipinski definition) is 2. The first-order valence-corrected chi connectivity index (χ1v) is 10.9. The van der Waals surface area contributed by atoms with Gasteiger partial charge in [-0.05, 0) is 25.0 Å². The highest BCUT2D eigenvalue weighted by molar-refractivity contribution is 7.89. The fourth-order valence-corrected chi connectivity index (χ4v) is 4.67. The molecule has 9 nitrogen and oxygen atoms in total. The number of hydrogen-bond acceptors (Lipinski definition) is 6. The number of quaternary nitrogens is 1. The Morgan fingerprint density at radius 1 is 1.22 bits per heavy atom. The average Bonchev–Trinajstić information content (AvgIpc) is 3.20. The normalized spacial score (nSPS) is 18.7. The van der Waals surface area contributed by atoms with Crippen molar-refractivity contribution in [2.24, 2.45) is 0 Å². The predicted molar refractivity (Wildman–Crippen MR) is 101 cm³/mol. The molecule has 0 aromatic heterocycles. The van der Waals surface area contributed by atoms with Gasteiger partial charge in [0.05, 0.1) is 29.6 Å². The molecule has 1 aromatic carbocycles. The van der Waals surface area contributed by atoms with Crippen molar-refractivity contribution in [1.29, 1.82) is 0 Å². The molecule has 0 aliphatic carbocycles. The third kappa shape index (κ3) is 5.16. The first kappa shape index (κ1) is 20.0. The first-order valence-electron chi connectivity index (χ1n) is 9.42. The SMILES string of the molecule is O=[N+]([O-])c1cc(S(=O)(=O)NCCC[NH+]2CCOCC2)ccc1N1CCCC1. The van der Waals surface area contributed by atoms with E-state index in [4.69, 9.17) is 4.74 Å². The Bertz CT molecular complexity index is 759. The van der Waals surface area contributed by atoms with Crippen molar-refractivity contribution in [3.8, 4) is 0 Å². The Morgan fingerprint density at radius 2 is 1.93 bits per heavy atom. The van der Waals surface area contributed by atoms with Crippen LogP contribution >= 0.6 is 0 Å². The lowest BCUT2D eigenvalue weighted by molar-refractivity contribution is -0.908. The zero-order valence-corrected chi connectivity index (χ0v) is 16.2. The van der Waals surface area contributed by atoms with Crippen LogP contribution in [-0.2, 0) is 14.8 Å². The molecule has 1 aromatic rings. The Hall–Kier alpha value is -1.75. The van der Waals surface area contributed by atoms with Crippen molar-refractivity contribution in [2.75, 3.05) is 57.4 Å². The number of ether oxygens (including phenoxy) is 1. The van der Waals surface area contributed by atoms with E-state index in [0.29, 0.717) is 18.7 Å². The molecule has 27 heavy (non-hydrogen) atoms. The number of benzene rings is 1. The summed E-state index contributed by atoms with van der Waals surface area (Å²) in [5.41, 5.74) is 0.338. The van der Waals surface area contributed by atoms with Gasteiger partial charge in [-0.15, -0.1) is 0 Å². The second-order valence-electron chi connectivity index (χ2n) is 6.97. The Balaban J connectivity index is 1.62. The molecule has 0 amide bonds. The summed E-state index contributed by atoms with van der Waals surface area (Å²) in [5, 5.41) is 11.4. The second-order valence-corrected chi connectivity index (χ2v) is 8.73. The molecular formula is C17H27N4O5S+. The molecule has 2 heterocycles. The minimum Gasteiger partial charge on any atom is -0.370 e. The van der Waals surface area contributed by atoms with Gasteiger partial charge >= 0.3 is 0 Å². The van der Waals surface area contributed by atoms with Gasteiger partial charge in [-0.3, -0.25) is 10.1 Å². The number of morpholine rings is 1. The number of nitro benzene ring substituents is 1. The van der Waals surface area contributed by atoms with E-state index in [2.05, 4.69) is 4.72 Å². The maximum Gasteiger partial charge on any atom is 0.293 e. The van der Waals surface area contributed by atoms with Crippen LogP contribution in [0.3, 0.4) is 0 Å². The lowest BCUT2D eigenvalue weighted by atomic mass is 10.2. The van der Waals surface area contributed by atoms with Crippen molar-refractivity contribution in [1.82, 2.24) is 4.72 Å². The minimum atomic E-state index is -3.77. The van der Waals surface area contributed by atoms with Gasteiger partial charge in [-0.1, -0.05) is 0 Å². The van der Waals surface area contributed by atoms with Gasteiger partial charge in [-0.25, -0.2) is 13.1 Å². The van der Waals surface area contributed by atoms with Crippen molar-refractivity contribution < 1.29 is 23.0 Å². The van der Waals surface area contributed by atoms with Crippen LogP contribution in [0.4, 0.5) is 11.4 Å². The van der Waals surface area contributed by atoms with Crippen LogP contribution < -0.4 is 14.5 Å². The smallest absolute Gasteiger partial charge is 0.293 e. The highest BCUT2D eigenvalue weighted by Crippen LogP contribution is 2.32. The van der Waals surface area contributed by atoms with Gasteiger partial charge in [0, 0.05) is 32.1 Å². The maximum atomic E-state index is 12.5. The van der Waals surface area contributed by atoms with Crippen molar-refractivity contribution in [3.05, 3.63) is 28.3 Å². The summed E-state index contributed by atoms with van der Waals surface area (Å²) >= 11 is 0. The molecule has 2 N–H and O–H groups in total. The number of rotatable bonds is 8. The lowest BCUT2D eigenvalue weighted by Crippen LogP contribution is -3.14. The standard InChI is InChI=1S/C17H26N4O5S/c22-21(23)17-14-15(4-5-16(17)20-8-1-2-9-20)27(24,25)18-6-3-7-19-10-12-26-13-11-19/h4-5,14,18H,1-3,6-13H2/p+1. The number of sulfonamides is 1. The van der Waals surface area contributed by atoms with E-state index in [9.17, 15) is 18.5 Å². The van der Waals surface area contributed by atoms with E-state index in [-0.39, 0.29) is 10.6 Å². The van der Waals surface area contributed by atoms with E-state index >= 15 is 0 Å². The van der Waals surface area contributed by atoms with Crippen molar-refractivity contribution in [2.45, 2.75) is 24.2 Å². The zero-order valence-electron chi connectivity index (χ0n) is 15.4. The molecule has 0 saturated carbocycles. The first-order chi connectivity index (χ1) is 13.0. The number of nitro groups is 1. The summed E-state index contributed by atoms with van der Waals surface area (Å²) in [4.78, 5) is 14.2. The van der Waals surface area contributed by atoms with E-state index in [1.54, 1.807) is 6.07 Å². The van der Waals surface area contributed by atoms with Crippen LogP contribution in [0.1, 0.15) is 19.3 Å². The van der Waals surface area contributed by atoms with Crippen LogP contribution in [0.15, 0.2) is 23.1 Å². The summed E-state index contributed by atoms with van der Waals surface area (Å²) in [6.45, 7) is 6.08. The minimum absolute atomic E-state index is 0.0594. The van der Waals surface area contributed by atoms with Gasteiger partial charge in [0.2, 0.25) is 10.0 Å². The largest absolute Gasteiger partial charge is 0.370 e. The molecular weight excluding hydrogens is 372 g/mol. The topological polar surface area (TPSA) is 106 Å². The quantitative estimate of drug-likeness (QED) is 0.356. The van der Waals surface area contributed by atoms with E-state index in [1.165, 1.54) is 17.0 Å². The molecule has 0 radical (unpaired) electrons. The van der Waals surface area contributed by atoms with Crippen LogP contribution in [0, 0.1) is 10.1 Å². The molecule has 0 atom stereocenters. The molecule has 0 unspecified atom stereocenters. The van der Waals surface area contributed by atoms with Crippen LogP contribution in [0.25, 0.3) is 0 Å². The summed E-state index contributed by atoms with van der Waals surface area (Å²) < 4.78 is 32.9. The number of anilines is 1. The molecule has 3 rings (SSSR count). The number of nitrogens with one attached hydrogen (secondary N) is 2. The summed E-state index contributed by atoms with van der Waals surface area (Å²) in [6, 6.07) is 4.18. The summed E-state index contributed by atoms with van der Waals surface area (Å²) in [7, 11) is -3.77. The molecule has 2 saturated heterocycles. The van der Waals surface area contributed by atoms with Crippen molar-refractivity contribution >= 4 is 21.4 Å². The van der Waals surface area contributed by atoms with Crippen LogP contribution in [0.5, 0.6) is 0 Å². The van der Waals surface area contributed by atoms with Gasteiger partial charge in [0.15, 0.2) is 0 Å². The molecule has 2 aliphatic rings. The second kappa shape index (κ2) is 8.96. The van der Waals surface area contributed by atoms with Crippen LogP contribution in [-0.4, -0.2) is 65.8 Å². The molecule has 0 bridgehead atoms. The molecule has 150 valence electrons. The zero-order chi connectivity index (χ0) is 19.3. The van der Waals surface area contributed by atoms with E-state index in [0.717, 1.165) is 58.8 Å². The fraction of sp³-hybridized carbons (Fsp3) is 0.647. The average molecular weight is 399 g/mol. The highest BCUT2D eigenvalue weighted by atomic mass is 32.2. The van der Waals surface area contributed by atoms with E-state index < -0.39 is 14.9 Å². The third-order valence-corrected chi connectivity index (χ3v) is 6.56. The Morgan fingerprint density at radius 3 is 2.59 bits per heavy atom. The number of nitrogens with zero attached hydrogens (tertiary/aromatic N) is 2. The van der Waals surface area contributed by atoms with Gasteiger partial charge < -0.3 is 14.5 Å². The van der Waals surface area contributed by atoms with Gasteiger partial charge in [0.1, 0.15) is 18.8 Å². The van der Waals surface area contributed by atoms with E-state index in [1.807, 2.05) is 4.90 Å². The fourth-order valence-electron chi connectivity index (χ4n) is 3.58. The summed E-state index contributed by atoms with van der Waals surface area (Å²) in [6.07, 6.45) is 2.69. The summed E-state index contributed by atoms with van der Waals surface area (Å²) in [5.74, 6) is 0. The maximum absolute atomic E-state index is 12.5. The van der Waals surface area contributed by atoms with Crippen molar-refractivity contribution in [3.63, 3.8) is 0 Å². The highest BCUT2D eigenvalue weighted by Gasteiger charge is 2.25. The predicted octanol–water partition coefficient (Wildman–Crippen LogP) is -0.221.